The Morgan fingerprint density at radius 3 is 2.63 bits per heavy atom. The Hall–Kier alpha value is -3.28. The molecular weight excluding hydrogens is 372 g/mol. The number of hydrogen-bond acceptors (Lipinski definition) is 3. The van der Waals surface area contributed by atoms with Crippen molar-refractivity contribution < 1.29 is 0 Å². The summed E-state index contributed by atoms with van der Waals surface area (Å²) in [6.45, 7) is 3.79. The van der Waals surface area contributed by atoms with E-state index in [9.17, 15) is 0 Å². The highest BCUT2D eigenvalue weighted by Crippen LogP contribution is 2.23. The maximum atomic E-state index is 4.54. The Kier molecular flexibility index (Phi) is 6.32. The second kappa shape index (κ2) is 9.48. The number of nitrogens with one attached hydrogen (secondary N) is 2. The molecule has 1 aromatic heterocycles. The minimum Gasteiger partial charge on any atom is -0.371 e. The van der Waals surface area contributed by atoms with E-state index < -0.39 is 0 Å². The zero-order valence-electron chi connectivity index (χ0n) is 17.8. The lowest BCUT2D eigenvalue weighted by Gasteiger charge is -2.23. The van der Waals surface area contributed by atoms with Crippen LogP contribution in [0.1, 0.15) is 12.2 Å². The summed E-state index contributed by atoms with van der Waals surface area (Å²) >= 11 is 0. The van der Waals surface area contributed by atoms with E-state index in [1.54, 1.807) is 0 Å². The first-order chi connectivity index (χ1) is 14.7. The second-order valence-electron chi connectivity index (χ2n) is 7.83. The summed E-state index contributed by atoms with van der Waals surface area (Å²) < 4.78 is 0. The average molecular weight is 403 g/mol. The van der Waals surface area contributed by atoms with Crippen LogP contribution in [0.2, 0.25) is 0 Å². The van der Waals surface area contributed by atoms with E-state index in [4.69, 9.17) is 0 Å². The Labute approximate surface area is 178 Å². The normalized spacial score (nSPS) is 16.7. The van der Waals surface area contributed by atoms with Crippen LogP contribution in [-0.4, -0.2) is 54.6 Å². The maximum Gasteiger partial charge on any atom is 0.193 e. The molecule has 6 heteroatoms. The van der Waals surface area contributed by atoms with Gasteiger partial charge in [-0.3, -0.25) is 4.99 Å². The quantitative estimate of drug-likeness (QED) is 0.488. The highest BCUT2D eigenvalue weighted by atomic mass is 15.3. The van der Waals surface area contributed by atoms with E-state index in [-0.39, 0.29) is 0 Å². The molecule has 1 fully saturated rings. The van der Waals surface area contributed by atoms with Crippen molar-refractivity contribution in [2.45, 2.75) is 13.0 Å². The number of aromatic nitrogens is 2. The topological polar surface area (TPSA) is 59.6 Å². The van der Waals surface area contributed by atoms with Gasteiger partial charge in [0.15, 0.2) is 5.96 Å². The molecule has 1 saturated heterocycles. The van der Waals surface area contributed by atoms with Crippen LogP contribution in [0.25, 0.3) is 11.3 Å². The molecule has 1 atom stereocenters. The molecule has 156 valence electrons. The van der Waals surface area contributed by atoms with Gasteiger partial charge in [0.2, 0.25) is 0 Å². The van der Waals surface area contributed by atoms with Crippen LogP contribution in [0.15, 0.2) is 71.9 Å². The van der Waals surface area contributed by atoms with Gasteiger partial charge in [0.1, 0.15) is 5.82 Å². The Bertz CT molecular complexity index is 950. The Balaban J connectivity index is 1.29. The molecule has 1 aliphatic heterocycles. The molecule has 4 rings (SSSR count). The molecule has 3 aromatic rings. The van der Waals surface area contributed by atoms with Crippen LogP contribution >= 0.6 is 0 Å². The number of para-hydroxylation sites is 1. The zero-order chi connectivity index (χ0) is 20.8. The number of rotatable bonds is 6. The molecule has 0 radical (unpaired) electrons. The number of benzene rings is 2. The van der Waals surface area contributed by atoms with Crippen molar-refractivity contribution in [3.63, 3.8) is 0 Å². The first kappa shape index (κ1) is 20.0. The minimum absolute atomic E-state index is 0.614. The molecule has 0 amide bonds. The lowest BCUT2D eigenvalue weighted by Crippen LogP contribution is -2.41. The van der Waals surface area contributed by atoms with E-state index >= 15 is 0 Å². The standard InChI is InChI=1S/C24H30N6/c1-25-24(27-15-19-13-14-30(17-19)21-11-7-4-8-12-21)29(2)18-23-26-16-22(28-23)20-9-5-3-6-10-20/h3-12,16,19H,13-15,17-18H2,1-2H3,(H,25,27)(H,26,28). The molecule has 1 unspecified atom stereocenters. The van der Waals surface area contributed by atoms with Gasteiger partial charge in [-0.1, -0.05) is 48.5 Å². The molecule has 2 heterocycles. The molecule has 0 aliphatic carbocycles. The fraction of sp³-hybridized carbons (Fsp3) is 0.333. The number of hydrogen-bond donors (Lipinski definition) is 2. The minimum atomic E-state index is 0.614. The van der Waals surface area contributed by atoms with E-state index in [0.717, 1.165) is 42.7 Å². The number of H-pyrrole nitrogens is 1. The Morgan fingerprint density at radius 1 is 1.17 bits per heavy atom. The summed E-state index contributed by atoms with van der Waals surface area (Å²) in [4.78, 5) is 17.0. The average Bonchev–Trinajstić information content (AvgIpc) is 3.45. The van der Waals surface area contributed by atoms with Crippen molar-refractivity contribution in [2.24, 2.45) is 10.9 Å². The van der Waals surface area contributed by atoms with Crippen LogP contribution in [0.5, 0.6) is 0 Å². The van der Waals surface area contributed by atoms with Gasteiger partial charge in [0, 0.05) is 39.4 Å². The summed E-state index contributed by atoms with van der Waals surface area (Å²) in [5.41, 5.74) is 3.49. The van der Waals surface area contributed by atoms with Gasteiger partial charge in [-0.15, -0.1) is 0 Å². The summed E-state index contributed by atoms with van der Waals surface area (Å²) in [7, 11) is 3.88. The highest BCUT2D eigenvalue weighted by molar-refractivity contribution is 5.79. The second-order valence-corrected chi connectivity index (χ2v) is 7.83. The highest BCUT2D eigenvalue weighted by Gasteiger charge is 2.23. The largest absolute Gasteiger partial charge is 0.371 e. The van der Waals surface area contributed by atoms with Crippen LogP contribution in [-0.2, 0) is 6.54 Å². The lowest BCUT2D eigenvalue weighted by atomic mass is 10.1. The van der Waals surface area contributed by atoms with Gasteiger partial charge in [-0.05, 0) is 30.0 Å². The number of guanidine groups is 1. The van der Waals surface area contributed by atoms with Crippen LogP contribution in [0, 0.1) is 5.92 Å². The Morgan fingerprint density at radius 2 is 1.90 bits per heavy atom. The van der Waals surface area contributed by atoms with Crippen molar-refractivity contribution in [3.8, 4) is 11.3 Å². The molecular formula is C24H30N6. The number of aromatic amines is 1. The predicted molar refractivity (Wildman–Crippen MR) is 124 cm³/mol. The third-order valence-corrected chi connectivity index (χ3v) is 5.63. The molecule has 6 nitrogen and oxygen atoms in total. The fourth-order valence-electron chi connectivity index (χ4n) is 4.00. The van der Waals surface area contributed by atoms with E-state index in [0.29, 0.717) is 12.5 Å². The monoisotopic (exact) mass is 402 g/mol. The lowest BCUT2D eigenvalue weighted by molar-refractivity contribution is 0.452. The smallest absolute Gasteiger partial charge is 0.193 e. The third kappa shape index (κ3) is 4.82. The number of imidazole rings is 1. The summed E-state index contributed by atoms with van der Waals surface area (Å²) in [5.74, 6) is 2.44. The van der Waals surface area contributed by atoms with Crippen LogP contribution in [0.3, 0.4) is 0 Å². The van der Waals surface area contributed by atoms with Gasteiger partial charge in [0.05, 0.1) is 18.4 Å². The van der Waals surface area contributed by atoms with E-state index in [2.05, 4.69) is 72.5 Å². The first-order valence-electron chi connectivity index (χ1n) is 10.5. The summed E-state index contributed by atoms with van der Waals surface area (Å²) in [6.07, 6.45) is 3.09. The number of anilines is 1. The van der Waals surface area contributed by atoms with Gasteiger partial charge in [-0.2, -0.15) is 0 Å². The maximum absolute atomic E-state index is 4.54. The molecule has 1 aliphatic rings. The van der Waals surface area contributed by atoms with E-state index in [1.165, 1.54) is 12.1 Å². The molecule has 2 N–H and O–H groups in total. The van der Waals surface area contributed by atoms with Crippen molar-refractivity contribution in [2.75, 3.05) is 38.6 Å². The molecule has 0 spiro atoms. The van der Waals surface area contributed by atoms with Crippen molar-refractivity contribution in [1.82, 2.24) is 20.2 Å². The van der Waals surface area contributed by atoms with Crippen molar-refractivity contribution in [1.29, 1.82) is 0 Å². The summed E-state index contributed by atoms with van der Waals surface area (Å²) in [5, 5.41) is 3.55. The van der Waals surface area contributed by atoms with Crippen LogP contribution in [0.4, 0.5) is 5.69 Å². The summed E-state index contributed by atoms with van der Waals surface area (Å²) in [6, 6.07) is 20.9. The SMILES string of the molecule is CN=C(NCC1CCN(c2ccccc2)C1)N(C)Cc1ncc(-c2ccccc2)[nH]1. The van der Waals surface area contributed by atoms with Crippen molar-refractivity contribution >= 4 is 11.6 Å². The van der Waals surface area contributed by atoms with Crippen LogP contribution < -0.4 is 10.2 Å². The van der Waals surface area contributed by atoms with Gasteiger partial charge in [0.25, 0.3) is 0 Å². The third-order valence-electron chi connectivity index (χ3n) is 5.63. The predicted octanol–water partition coefficient (Wildman–Crippen LogP) is 3.61. The fourth-order valence-corrected chi connectivity index (χ4v) is 4.00. The first-order valence-corrected chi connectivity index (χ1v) is 10.5. The van der Waals surface area contributed by atoms with Gasteiger partial charge in [-0.25, -0.2) is 4.98 Å². The molecule has 0 saturated carbocycles. The molecule has 30 heavy (non-hydrogen) atoms. The van der Waals surface area contributed by atoms with Gasteiger partial charge >= 0.3 is 0 Å². The number of nitrogens with zero attached hydrogens (tertiary/aromatic N) is 4. The zero-order valence-corrected chi connectivity index (χ0v) is 17.8. The van der Waals surface area contributed by atoms with Crippen molar-refractivity contribution in [3.05, 3.63) is 72.7 Å². The number of aliphatic imine (C=N–C) groups is 1. The van der Waals surface area contributed by atoms with E-state index in [1.807, 2.05) is 38.5 Å². The van der Waals surface area contributed by atoms with Gasteiger partial charge < -0.3 is 20.1 Å². The molecule has 0 bridgehead atoms. The molecule has 2 aromatic carbocycles.